The van der Waals surface area contributed by atoms with Gasteiger partial charge in [-0.2, -0.15) is 8.42 Å². The molecule has 0 saturated heterocycles. The highest BCUT2D eigenvalue weighted by Gasteiger charge is 2.33. The van der Waals surface area contributed by atoms with Crippen LogP contribution >= 0.6 is 45.5 Å². The van der Waals surface area contributed by atoms with Crippen LogP contribution in [0.5, 0.6) is 0 Å². The maximum absolute atomic E-state index is 10.5. The van der Waals surface area contributed by atoms with Gasteiger partial charge < -0.3 is 0 Å². The van der Waals surface area contributed by atoms with E-state index in [4.69, 9.17) is 34.8 Å². The number of carbonyl (C=O) groups excluding carboxylic acids is 1. The molecule has 0 heterocycles. The Hall–Kier alpha value is 0.580. The molecular weight excluding hydrogens is 260 g/mol. The fourth-order valence-corrected chi connectivity index (χ4v) is 1.06. The van der Waals surface area contributed by atoms with Crippen molar-refractivity contribution in [2.45, 2.75) is 3.79 Å². The molecule has 0 fully saturated rings. The van der Waals surface area contributed by atoms with Crippen molar-refractivity contribution in [1.82, 2.24) is 4.72 Å². The highest BCUT2D eigenvalue weighted by atomic mass is 35.7. The summed E-state index contributed by atoms with van der Waals surface area (Å²) in [6.45, 7) is 0. The van der Waals surface area contributed by atoms with Crippen LogP contribution in [0.3, 0.4) is 0 Å². The Morgan fingerprint density at radius 3 is 1.73 bits per heavy atom. The number of hydrogen-bond donors (Lipinski definition) is 1. The third-order valence-electron chi connectivity index (χ3n) is 0.472. The zero-order valence-electron chi connectivity index (χ0n) is 4.64. The van der Waals surface area contributed by atoms with Gasteiger partial charge in [0.25, 0.3) is 9.70 Å². The minimum Gasteiger partial charge on any atom is -0.269 e. The molecule has 1 N–H and O–H groups in total. The molecule has 0 radical (unpaired) electrons. The predicted molar refractivity (Wildman–Crippen MR) is 43.2 cm³/mol. The first kappa shape index (κ1) is 11.6. The van der Waals surface area contributed by atoms with Crippen LogP contribution in [0.1, 0.15) is 0 Å². The van der Waals surface area contributed by atoms with Gasteiger partial charge in [-0.3, -0.25) is 4.79 Å². The number of amides is 1. The molecule has 0 spiro atoms. The van der Waals surface area contributed by atoms with E-state index in [0.717, 1.165) is 0 Å². The topological polar surface area (TPSA) is 63.2 Å². The highest BCUT2D eigenvalue weighted by molar-refractivity contribution is 8.12. The number of halogens is 4. The second-order valence-corrected chi connectivity index (χ2v) is 5.95. The van der Waals surface area contributed by atoms with Gasteiger partial charge in [0, 0.05) is 10.7 Å². The minimum absolute atomic E-state index is 1.26. The van der Waals surface area contributed by atoms with E-state index < -0.39 is 18.9 Å². The normalized spacial score (nSPS) is 12.7. The summed E-state index contributed by atoms with van der Waals surface area (Å²) >= 11 is 15.0. The molecule has 11 heavy (non-hydrogen) atoms. The molecule has 1 amide bonds. The van der Waals surface area contributed by atoms with E-state index in [1.165, 1.54) is 4.72 Å². The van der Waals surface area contributed by atoms with Gasteiger partial charge in [0.2, 0.25) is 0 Å². The molecule has 0 rings (SSSR count). The lowest BCUT2D eigenvalue weighted by molar-refractivity contribution is -0.118. The van der Waals surface area contributed by atoms with Gasteiger partial charge in [0.15, 0.2) is 0 Å². The van der Waals surface area contributed by atoms with Crippen LogP contribution in [0.15, 0.2) is 0 Å². The van der Waals surface area contributed by atoms with E-state index in [0.29, 0.717) is 0 Å². The van der Waals surface area contributed by atoms with Gasteiger partial charge in [-0.15, -0.1) is 0 Å². The van der Waals surface area contributed by atoms with Gasteiger partial charge in [-0.05, 0) is 0 Å². The van der Waals surface area contributed by atoms with Crippen LogP contribution in [-0.4, -0.2) is 18.1 Å². The van der Waals surface area contributed by atoms with E-state index in [-0.39, 0.29) is 0 Å². The van der Waals surface area contributed by atoms with E-state index in [9.17, 15) is 13.2 Å². The Balaban J connectivity index is 4.35. The summed E-state index contributed by atoms with van der Waals surface area (Å²) in [5.41, 5.74) is 0. The maximum Gasteiger partial charge on any atom is 0.321 e. The van der Waals surface area contributed by atoms with Crippen molar-refractivity contribution < 1.29 is 13.2 Å². The number of carbonyl (C=O) groups is 1. The first-order chi connectivity index (χ1) is 4.63. The summed E-state index contributed by atoms with van der Waals surface area (Å²) in [6.07, 6.45) is 0. The number of nitrogens with one attached hydrogen (secondary N) is 1. The van der Waals surface area contributed by atoms with E-state index in [1.807, 2.05) is 0 Å². The molecule has 0 aromatic rings. The van der Waals surface area contributed by atoms with Crippen molar-refractivity contribution >= 4 is 60.6 Å². The van der Waals surface area contributed by atoms with Crippen molar-refractivity contribution in [2.75, 3.05) is 0 Å². The number of rotatable bonds is 1. The monoisotopic (exact) mass is 259 g/mol. The lowest BCUT2D eigenvalue weighted by atomic mass is 10.7. The molecule has 0 aromatic carbocycles. The van der Waals surface area contributed by atoms with Gasteiger partial charge >= 0.3 is 9.24 Å². The summed E-state index contributed by atoms with van der Waals surface area (Å²) in [4.78, 5) is 10.5. The van der Waals surface area contributed by atoms with Crippen molar-refractivity contribution in [1.29, 1.82) is 0 Å². The fourth-order valence-electron chi connectivity index (χ4n) is 0.169. The zero-order chi connectivity index (χ0) is 9.28. The molecule has 0 saturated carbocycles. The van der Waals surface area contributed by atoms with Crippen molar-refractivity contribution in [2.24, 2.45) is 0 Å². The molecule has 0 aliphatic heterocycles. The van der Waals surface area contributed by atoms with Crippen molar-refractivity contribution in [3.63, 3.8) is 0 Å². The van der Waals surface area contributed by atoms with Crippen LogP contribution in [-0.2, 0) is 14.0 Å². The largest absolute Gasteiger partial charge is 0.321 e. The van der Waals surface area contributed by atoms with E-state index in [1.54, 1.807) is 0 Å². The average molecular weight is 261 g/mol. The molecule has 0 bridgehead atoms. The molecule has 0 aliphatic carbocycles. The van der Waals surface area contributed by atoms with E-state index in [2.05, 4.69) is 10.7 Å². The Labute approximate surface area is 82.3 Å². The number of alkyl halides is 3. The lowest BCUT2D eigenvalue weighted by Gasteiger charge is -2.07. The van der Waals surface area contributed by atoms with Crippen molar-refractivity contribution in [3.05, 3.63) is 0 Å². The Kier molecular flexibility index (Phi) is 3.72. The smallest absolute Gasteiger partial charge is 0.269 e. The molecule has 0 aliphatic rings. The first-order valence-corrected chi connectivity index (χ1v) is 5.41. The van der Waals surface area contributed by atoms with Crippen LogP contribution in [0, 0.1) is 0 Å². The summed E-state index contributed by atoms with van der Waals surface area (Å²) in [7, 11) is 0.411. The van der Waals surface area contributed by atoms with E-state index >= 15 is 0 Å². The SMILES string of the molecule is O=C(NS(=O)(=O)Cl)C(Cl)(Cl)Cl. The van der Waals surface area contributed by atoms with Crippen LogP contribution in [0.25, 0.3) is 0 Å². The molecule has 0 atom stereocenters. The fraction of sp³-hybridized carbons (Fsp3) is 0.500. The first-order valence-electron chi connectivity index (χ1n) is 1.96. The Bertz CT molecular complexity index is 253. The summed E-state index contributed by atoms with van der Waals surface area (Å²) in [5.74, 6) is -1.32. The van der Waals surface area contributed by atoms with Gasteiger partial charge in [-0.25, -0.2) is 4.72 Å². The quantitative estimate of drug-likeness (QED) is 0.564. The highest BCUT2D eigenvalue weighted by Crippen LogP contribution is 2.26. The van der Waals surface area contributed by atoms with Gasteiger partial charge in [-0.1, -0.05) is 34.8 Å². The third kappa shape index (κ3) is 5.81. The number of hydrogen-bond acceptors (Lipinski definition) is 3. The Morgan fingerprint density at radius 1 is 1.27 bits per heavy atom. The van der Waals surface area contributed by atoms with Crippen LogP contribution in [0.2, 0.25) is 0 Å². The van der Waals surface area contributed by atoms with Crippen LogP contribution < -0.4 is 4.72 Å². The summed E-state index contributed by atoms with van der Waals surface area (Å²) < 4.78 is 19.2. The maximum atomic E-state index is 10.5. The predicted octanol–water partition coefficient (Wildman–Crippen LogP) is 0.956. The standard InChI is InChI=1S/C2HCl4NO3S/c3-2(4,5)1(8)7-11(6,9)10/h(H,7,8). The summed E-state index contributed by atoms with van der Waals surface area (Å²) in [6, 6.07) is 0. The molecular formula is C2HCl4NO3S. The van der Waals surface area contributed by atoms with Gasteiger partial charge in [0.05, 0.1) is 0 Å². The Morgan fingerprint density at radius 2 is 1.64 bits per heavy atom. The summed E-state index contributed by atoms with van der Waals surface area (Å²) in [5, 5.41) is 0. The molecule has 0 unspecified atom stereocenters. The van der Waals surface area contributed by atoms with Gasteiger partial charge in [0.1, 0.15) is 0 Å². The van der Waals surface area contributed by atoms with Crippen molar-refractivity contribution in [3.8, 4) is 0 Å². The average Bonchev–Trinajstić information content (AvgIpc) is 1.56. The molecule has 9 heteroatoms. The minimum atomic E-state index is -4.19. The third-order valence-corrected chi connectivity index (χ3v) is 1.65. The molecule has 4 nitrogen and oxygen atoms in total. The van der Waals surface area contributed by atoms with Crippen LogP contribution in [0.4, 0.5) is 0 Å². The second kappa shape index (κ2) is 3.53. The lowest BCUT2D eigenvalue weighted by Crippen LogP contribution is -2.36. The zero-order valence-corrected chi connectivity index (χ0v) is 8.49. The second-order valence-electron chi connectivity index (χ2n) is 1.37. The molecule has 0 aromatic heterocycles. The molecule has 66 valence electrons.